The van der Waals surface area contributed by atoms with E-state index in [0.717, 1.165) is 25.5 Å². The Balaban J connectivity index is 0.000000237. The molecular weight excluding hydrogens is 392 g/mol. The number of hydrogen-bond acceptors (Lipinski definition) is 5. The number of nitrogens with zero attached hydrogens (tertiary/aromatic N) is 1. The molecule has 0 spiro atoms. The second kappa shape index (κ2) is 10.8. The molecule has 1 amide bonds. The van der Waals surface area contributed by atoms with Gasteiger partial charge in [-0.15, -0.1) is 0 Å². The maximum absolute atomic E-state index is 12.5. The quantitative estimate of drug-likeness (QED) is 0.801. The van der Waals surface area contributed by atoms with E-state index in [9.17, 15) is 17.8 Å². The van der Waals surface area contributed by atoms with Crippen LogP contribution < -0.4 is 15.2 Å². The number of carbonyl (C=O) groups is 1. The van der Waals surface area contributed by atoms with E-state index in [-0.39, 0.29) is 22.6 Å². The number of rotatable bonds is 4. The highest BCUT2D eigenvalue weighted by molar-refractivity contribution is 7.82. The lowest BCUT2D eigenvalue weighted by Crippen LogP contribution is -2.30. The summed E-state index contributed by atoms with van der Waals surface area (Å²) in [6.45, 7) is 1.17. The molecule has 0 bridgehead atoms. The number of aromatic nitrogens is 1. The minimum absolute atomic E-state index is 0.0694. The van der Waals surface area contributed by atoms with E-state index >= 15 is 0 Å². The van der Waals surface area contributed by atoms with Crippen molar-refractivity contribution >= 4 is 22.6 Å². The van der Waals surface area contributed by atoms with Gasteiger partial charge in [0.1, 0.15) is 16.0 Å². The zero-order chi connectivity index (χ0) is 20.5. The number of amides is 1. The summed E-state index contributed by atoms with van der Waals surface area (Å²) in [4.78, 5) is 15.8. The molecule has 3 rings (SSSR count). The molecule has 7 nitrogen and oxygen atoms in total. The lowest BCUT2D eigenvalue weighted by Gasteiger charge is -2.21. The van der Waals surface area contributed by atoms with Gasteiger partial charge < -0.3 is 14.8 Å². The van der Waals surface area contributed by atoms with Gasteiger partial charge in [-0.3, -0.25) is 4.79 Å². The number of anilines is 1. The van der Waals surface area contributed by atoms with Gasteiger partial charge >= 0.3 is 0 Å². The summed E-state index contributed by atoms with van der Waals surface area (Å²) in [7, 11) is -0.356. The maximum atomic E-state index is 12.5. The Bertz CT molecular complexity index is 832. The number of benzene rings is 1. The summed E-state index contributed by atoms with van der Waals surface area (Å²) >= 11 is 0. The topological polar surface area (TPSA) is 104 Å². The molecule has 0 radical (unpaired) electrons. The second-order valence-electron chi connectivity index (χ2n) is 5.84. The van der Waals surface area contributed by atoms with E-state index in [1.54, 1.807) is 6.07 Å². The van der Waals surface area contributed by atoms with E-state index in [2.05, 4.69) is 15.0 Å². The molecule has 0 saturated carbocycles. The lowest BCUT2D eigenvalue weighted by molar-refractivity contribution is -0.123. The fraction of sp³-hybridized carbons (Fsp3) is 0.333. The standard InChI is InChI=1S/C11H15N3O3S.C7H6F2O/c12-18(16)10-6-9(3-4-13-10)14-11(15)8-2-1-5-17-7-8;1-10-6-4-2-3-5(8)7(6)9/h3-4,6,8H,1-2,5,7,12H2,(H,13,14,15);2-4H,1H3. The number of pyridine rings is 1. The van der Waals surface area contributed by atoms with E-state index in [4.69, 9.17) is 9.88 Å². The molecule has 1 aromatic carbocycles. The van der Waals surface area contributed by atoms with Crippen LogP contribution in [-0.4, -0.2) is 35.4 Å². The number of halogens is 2. The van der Waals surface area contributed by atoms with Gasteiger partial charge in [-0.05, 0) is 37.1 Å². The Morgan fingerprint density at radius 1 is 1.39 bits per heavy atom. The number of ether oxygens (including phenoxy) is 2. The van der Waals surface area contributed by atoms with E-state index in [1.807, 2.05) is 0 Å². The molecule has 0 aliphatic carbocycles. The van der Waals surface area contributed by atoms with Crippen molar-refractivity contribution in [2.24, 2.45) is 11.1 Å². The third kappa shape index (κ3) is 6.32. The predicted molar refractivity (Wildman–Crippen MR) is 99.9 cm³/mol. The summed E-state index contributed by atoms with van der Waals surface area (Å²) < 4.78 is 45.7. The third-order valence-electron chi connectivity index (χ3n) is 3.88. The highest BCUT2D eigenvalue weighted by atomic mass is 32.2. The van der Waals surface area contributed by atoms with Crippen molar-refractivity contribution in [3.05, 3.63) is 48.2 Å². The van der Waals surface area contributed by atoms with Crippen LogP contribution in [0.15, 0.2) is 41.6 Å². The fourth-order valence-corrected chi connectivity index (χ4v) is 2.84. The van der Waals surface area contributed by atoms with Gasteiger partial charge in [-0.2, -0.15) is 4.39 Å². The van der Waals surface area contributed by atoms with Crippen LogP contribution in [-0.2, 0) is 20.5 Å². The van der Waals surface area contributed by atoms with Crippen molar-refractivity contribution in [2.75, 3.05) is 25.6 Å². The average Bonchev–Trinajstić information content (AvgIpc) is 2.71. The zero-order valence-corrected chi connectivity index (χ0v) is 16.0. The zero-order valence-electron chi connectivity index (χ0n) is 15.2. The van der Waals surface area contributed by atoms with Gasteiger partial charge in [-0.1, -0.05) is 6.07 Å². The number of nitrogens with two attached hydrogens (primary N) is 1. The van der Waals surface area contributed by atoms with Crippen LogP contribution in [0.5, 0.6) is 5.75 Å². The van der Waals surface area contributed by atoms with Gasteiger partial charge in [0.2, 0.25) is 11.7 Å². The van der Waals surface area contributed by atoms with Gasteiger partial charge in [-0.25, -0.2) is 18.7 Å². The molecule has 2 unspecified atom stereocenters. The minimum Gasteiger partial charge on any atom is -0.494 e. The first-order valence-corrected chi connectivity index (χ1v) is 9.62. The largest absolute Gasteiger partial charge is 0.494 e. The Morgan fingerprint density at radius 2 is 2.18 bits per heavy atom. The summed E-state index contributed by atoms with van der Waals surface area (Å²) in [5, 5.41) is 8.23. The molecule has 1 saturated heterocycles. The molecule has 3 N–H and O–H groups in total. The lowest BCUT2D eigenvalue weighted by atomic mass is 10.0. The molecule has 1 fully saturated rings. The van der Waals surface area contributed by atoms with Crippen LogP contribution in [0.1, 0.15) is 12.8 Å². The molecule has 1 aliphatic rings. The molecule has 28 heavy (non-hydrogen) atoms. The Hall–Kier alpha value is -2.43. The fourth-order valence-electron chi connectivity index (χ4n) is 2.43. The number of hydrogen-bond donors (Lipinski definition) is 2. The van der Waals surface area contributed by atoms with E-state index in [1.165, 1.54) is 31.5 Å². The average molecular weight is 413 g/mol. The van der Waals surface area contributed by atoms with E-state index in [0.29, 0.717) is 12.3 Å². The molecule has 2 heterocycles. The van der Waals surface area contributed by atoms with Crippen molar-refractivity contribution in [1.82, 2.24) is 4.98 Å². The molecular formula is C18H21F2N3O4S. The first-order chi connectivity index (χ1) is 13.4. The highest BCUT2D eigenvalue weighted by Gasteiger charge is 2.21. The molecule has 2 aromatic rings. The van der Waals surface area contributed by atoms with Crippen LogP contribution in [0.2, 0.25) is 0 Å². The van der Waals surface area contributed by atoms with Gasteiger partial charge in [0, 0.05) is 18.5 Å². The van der Waals surface area contributed by atoms with Crippen LogP contribution in [0.4, 0.5) is 14.5 Å². The molecule has 10 heteroatoms. The minimum atomic E-state index is -1.65. The normalized spacial score (nSPS) is 17.1. The van der Waals surface area contributed by atoms with Gasteiger partial charge in [0.15, 0.2) is 11.6 Å². The van der Waals surface area contributed by atoms with Crippen LogP contribution in [0.25, 0.3) is 0 Å². The van der Waals surface area contributed by atoms with Crippen LogP contribution in [0.3, 0.4) is 0 Å². The summed E-state index contributed by atoms with van der Waals surface area (Å²) in [5.41, 5.74) is 0.550. The van der Waals surface area contributed by atoms with Crippen molar-refractivity contribution in [2.45, 2.75) is 17.9 Å². The molecule has 1 aliphatic heterocycles. The second-order valence-corrected chi connectivity index (χ2v) is 6.85. The SMILES string of the molecule is COc1cccc(F)c1F.NS(=O)c1cc(NC(=O)C2CCCOC2)ccn1. The van der Waals surface area contributed by atoms with Crippen molar-refractivity contribution in [3.8, 4) is 5.75 Å². The highest BCUT2D eigenvalue weighted by Crippen LogP contribution is 2.18. The van der Waals surface area contributed by atoms with Crippen molar-refractivity contribution < 1.29 is 27.3 Å². The third-order valence-corrected chi connectivity index (χ3v) is 4.51. The van der Waals surface area contributed by atoms with Gasteiger partial charge in [0.25, 0.3) is 0 Å². The number of carbonyl (C=O) groups excluding carboxylic acids is 1. The van der Waals surface area contributed by atoms with Crippen molar-refractivity contribution in [1.29, 1.82) is 0 Å². The monoisotopic (exact) mass is 413 g/mol. The van der Waals surface area contributed by atoms with Crippen LogP contribution in [0, 0.1) is 17.6 Å². The van der Waals surface area contributed by atoms with E-state index < -0.39 is 22.6 Å². The summed E-state index contributed by atoms with van der Waals surface area (Å²) in [6, 6.07) is 6.93. The molecule has 2 atom stereocenters. The Kier molecular flexibility index (Phi) is 8.42. The molecule has 1 aromatic heterocycles. The Labute approximate surface area is 163 Å². The first-order valence-electron chi connectivity index (χ1n) is 8.41. The maximum Gasteiger partial charge on any atom is 0.229 e. The number of methoxy groups -OCH3 is 1. The number of nitrogens with one attached hydrogen (secondary N) is 1. The first kappa shape index (κ1) is 21.9. The predicted octanol–water partition coefficient (Wildman–Crippen LogP) is 2.40. The summed E-state index contributed by atoms with van der Waals surface area (Å²) in [5.74, 6) is -2.11. The van der Waals surface area contributed by atoms with Gasteiger partial charge in [0.05, 0.1) is 19.6 Å². The van der Waals surface area contributed by atoms with Crippen molar-refractivity contribution in [3.63, 3.8) is 0 Å². The summed E-state index contributed by atoms with van der Waals surface area (Å²) in [6.07, 6.45) is 3.19. The smallest absolute Gasteiger partial charge is 0.229 e. The molecule has 152 valence electrons. The van der Waals surface area contributed by atoms with Crippen LogP contribution >= 0.6 is 0 Å². The Morgan fingerprint density at radius 3 is 2.79 bits per heavy atom.